The molecule has 5 heteroatoms. The highest BCUT2D eigenvalue weighted by Gasteiger charge is 2.23. The summed E-state index contributed by atoms with van der Waals surface area (Å²) in [7, 11) is 0. The van der Waals surface area contributed by atoms with Crippen LogP contribution < -0.4 is 0 Å². The number of fused-ring (bicyclic) bond motifs is 14. The lowest BCUT2D eigenvalue weighted by atomic mass is 9.95. The summed E-state index contributed by atoms with van der Waals surface area (Å²) in [6.07, 6.45) is 0. The maximum Gasteiger partial charge on any atom is 0.0980 e. The van der Waals surface area contributed by atoms with Crippen LogP contribution in [0.2, 0.25) is 0 Å². The summed E-state index contributed by atoms with van der Waals surface area (Å²) >= 11 is 1.83. The number of aromatic nitrogens is 4. The van der Waals surface area contributed by atoms with Crippen LogP contribution in [0.15, 0.2) is 218 Å². The first-order valence-electron chi connectivity index (χ1n) is 22.8. The van der Waals surface area contributed by atoms with Gasteiger partial charge in [0.1, 0.15) is 0 Å². The van der Waals surface area contributed by atoms with Gasteiger partial charge in [-0.15, -0.1) is 11.3 Å². The molecule has 67 heavy (non-hydrogen) atoms. The third-order valence-corrected chi connectivity index (χ3v) is 15.2. The fourth-order valence-corrected chi connectivity index (χ4v) is 12.3. The average molecular weight is 869 g/mol. The van der Waals surface area contributed by atoms with Gasteiger partial charge in [-0.2, -0.15) is 0 Å². The molecule has 0 aliphatic carbocycles. The summed E-state index contributed by atoms with van der Waals surface area (Å²) in [6.45, 7) is 0. The standard InChI is InChI=1S/C62H36N4S/c1-2-17-39-37(15-1)33-34-45-42-18-3-9-28-54(42)66(62(39)45)55-29-11-16-38-35-49-43-19-4-8-27-52(43)65(56(49)36-48(38)55)53-30-13-21-40-41(53)22-12-23-44(40)60-61(64-51-26-7-6-25-50(51)63-60)47-24-14-32-58-59(47)46-20-5-10-31-57(46)67-58/h1-36H. The van der Waals surface area contributed by atoms with Gasteiger partial charge in [0.15, 0.2) is 0 Å². The highest BCUT2D eigenvalue weighted by Crippen LogP contribution is 2.45. The van der Waals surface area contributed by atoms with Gasteiger partial charge in [-0.3, -0.25) is 0 Å². The van der Waals surface area contributed by atoms with Crippen molar-refractivity contribution in [3.8, 4) is 33.9 Å². The molecule has 15 rings (SSSR count). The lowest BCUT2D eigenvalue weighted by Crippen LogP contribution is -1.99. The predicted octanol–water partition coefficient (Wildman–Crippen LogP) is 17.0. The van der Waals surface area contributed by atoms with Crippen LogP contribution in [0.3, 0.4) is 0 Å². The van der Waals surface area contributed by atoms with Crippen molar-refractivity contribution < 1.29 is 0 Å². The van der Waals surface area contributed by atoms with E-state index >= 15 is 0 Å². The lowest BCUT2D eigenvalue weighted by Gasteiger charge is -2.17. The monoisotopic (exact) mass is 868 g/mol. The Labute approximate surface area is 387 Å². The molecular formula is C62H36N4S. The highest BCUT2D eigenvalue weighted by molar-refractivity contribution is 7.25. The Morgan fingerprint density at radius 3 is 1.72 bits per heavy atom. The van der Waals surface area contributed by atoms with Crippen molar-refractivity contribution >= 4 is 118 Å². The van der Waals surface area contributed by atoms with Crippen LogP contribution >= 0.6 is 11.3 Å². The number of hydrogen-bond acceptors (Lipinski definition) is 3. The number of nitrogens with zero attached hydrogens (tertiary/aromatic N) is 4. The largest absolute Gasteiger partial charge is 0.309 e. The fourth-order valence-electron chi connectivity index (χ4n) is 11.2. The molecule has 0 bridgehead atoms. The Hall–Kier alpha value is -8.64. The third-order valence-electron chi connectivity index (χ3n) is 14.1. The molecule has 4 heterocycles. The first-order valence-corrected chi connectivity index (χ1v) is 23.6. The van der Waals surface area contributed by atoms with E-state index in [1.165, 1.54) is 74.3 Å². The molecule has 0 aliphatic heterocycles. The maximum atomic E-state index is 5.50. The second-order valence-corrected chi connectivity index (χ2v) is 18.7. The van der Waals surface area contributed by atoms with Gasteiger partial charge in [0, 0.05) is 69.0 Å². The molecule has 11 aromatic carbocycles. The summed E-state index contributed by atoms with van der Waals surface area (Å²) in [5.41, 5.74) is 12.7. The van der Waals surface area contributed by atoms with Gasteiger partial charge in [0.05, 0.1) is 55.9 Å². The summed E-state index contributed by atoms with van der Waals surface area (Å²) < 4.78 is 7.50. The zero-order valence-electron chi connectivity index (χ0n) is 36.0. The van der Waals surface area contributed by atoms with E-state index in [0.29, 0.717) is 0 Å². The van der Waals surface area contributed by atoms with E-state index in [-0.39, 0.29) is 0 Å². The number of para-hydroxylation sites is 4. The van der Waals surface area contributed by atoms with E-state index in [1.54, 1.807) is 0 Å². The molecule has 0 spiro atoms. The Balaban J connectivity index is 1.01. The second-order valence-electron chi connectivity index (χ2n) is 17.6. The van der Waals surface area contributed by atoms with Crippen LogP contribution in [0.4, 0.5) is 0 Å². The SMILES string of the molecule is c1cc(-n2c3ccccc3c3ccc4ccccc4c32)c2cc3c(cc2c1)c1ccccc1n3-c1cccc2c(-c3nc4ccccc4nc3-c3cccc4sc5ccccc5c34)cccc12. The number of benzene rings is 11. The summed E-state index contributed by atoms with van der Waals surface area (Å²) in [4.78, 5) is 11.0. The van der Waals surface area contributed by atoms with Crippen molar-refractivity contribution in [1.82, 2.24) is 19.1 Å². The van der Waals surface area contributed by atoms with E-state index in [0.717, 1.165) is 66.7 Å². The smallest absolute Gasteiger partial charge is 0.0980 e. The molecule has 0 aliphatic rings. The zero-order chi connectivity index (χ0) is 43.7. The minimum atomic E-state index is 0.873. The first kappa shape index (κ1) is 36.7. The summed E-state index contributed by atoms with van der Waals surface area (Å²) in [5.74, 6) is 0. The van der Waals surface area contributed by atoms with Gasteiger partial charge >= 0.3 is 0 Å². The van der Waals surface area contributed by atoms with Crippen molar-refractivity contribution in [1.29, 1.82) is 0 Å². The number of hydrogen-bond donors (Lipinski definition) is 0. The highest BCUT2D eigenvalue weighted by atomic mass is 32.1. The Morgan fingerprint density at radius 2 is 0.881 bits per heavy atom. The second kappa shape index (κ2) is 13.9. The molecule has 0 amide bonds. The van der Waals surface area contributed by atoms with Crippen molar-refractivity contribution in [2.24, 2.45) is 0 Å². The molecule has 0 radical (unpaired) electrons. The normalized spacial score (nSPS) is 12.2. The van der Waals surface area contributed by atoms with Crippen LogP contribution in [0.1, 0.15) is 0 Å². The molecule has 0 saturated carbocycles. The molecule has 0 N–H and O–H groups in total. The minimum Gasteiger partial charge on any atom is -0.309 e. The predicted molar refractivity (Wildman–Crippen MR) is 284 cm³/mol. The van der Waals surface area contributed by atoms with Crippen LogP contribution in [0, 0.1) is 0 Å². The molecule has 310 valence electrons. The van der Waals surface area contributed by atoms with Crippen molar-refractivity contribution in [2.75, 3.05) is 0 Å². The summed E-state index contributed by atoms with van der Waals surface area (Å²) in [5, 5.41) is 14.6. The van der Waals surface area contributed by atoms with Crippen LogP contribution in [0.5, 0.6) is 0 Å². The van der Waals surface area contributed by atoms with Gasteiger partial charge in [-0.25, -0.2) is 9.97 Å². The van der Waals surface area contributed by atoms with E-state index in [9.17, 15) is 0 Å². The van der Waals surface area contributed by atoms with Gasteiger partial charge < -0.3 is 9.13 Å². The van der Waals surface area contributed by atoms with Crippen molar-refractivity contribution in [3.63, 3.8) is 0 Å². The lowest BCUT2D eigenvalue weighted by molar-refractivity contribution is 1.19. The van der Waals surface area contributed by atoms with E-state index in [4.69, 9.17) is 9.97 Å². The van der Waals surface area contributed by atoms with Crippen LogP contribution in [0.25, 0.3) is 141 Å². The first-order chi connectivity index (χ1) is 33.2. The van der Waals surface area contributed by atoms with Crippen LogP contribution in [-0.2, 0) is 0 Å². The molecule has 15 aromatic rings. The van der Waals surface area contributed by atoms with Crippen molar-refractivity contribution in [2.45, 2.75) is 0 Å². The van der Waals surface area contributed by atoms with E-state index < -0.39 is 0 Å². The van der Waals surface area contributed by atoms with Crippen LogP contribution in [-0.4, -0.2) is 19.1 Å². The Kier molecular flexibility index (Phi) is 7.63. The zero-order valence-corrected chi connectivity index (χ0v) is 36.8. The average Bonchev–Trinajstić information content (AvgIpc) is 4.05. The summed E-state index contributed by atoms with van der Waals surface area (Å²) in [6, 6.07) is 79.6. The molecule has 4 aromatic heterocycles. The van der Waals surface area contributed by atoms with Crippen molar-refractivity contribution in [3.05, 3.63) is 218 Å². The molecule has 0 atom stereocenters. The molecule has 0 saturated heterocycles. The Morgan fingerprint density at radius 1 is 0.313 bits per heavy atom. The molecular weight excluding hydrogens is 833 g/mol. The van der Waals surface area contributed by atoms with Gasteiger partial charge in [0.25, 0.3) is 0 Å². The molecule has 0 fully saturated rings. The maximum absolute atomic E-state index is 5.50. The molecule has 0 unspecified atom stereocenters. The number of thiophene rings is 1. The van der Waals surface area contributed by atoms with E-state index in [1.807, 2.05) is 17.4 Å². The van der Waals surface area contributed by atoms with Gasteiger partial charge in [0.2, 0.25) is 0 Å². The molecule has 4 nitrogen and oxygen atoms in total. The Bertz CT molecular complexity index is 4590. The topological polar surface area (TPSA) is 35.6 Å². The van der Waals surface area contributed by atoms with Gasteiger partial charge in [-0.1, -0.05) is 158 Å². The van der Waals surface area contributed by atoms with E-state index in [2.05, 4.69) is 221 Å². The third kappa shape index (κ3) is 5.23. The minimum absolute atomic E-state index is 0.873. The number of rotatable bonds is 4. The quantitative estimate of drug-likeness (QED) is 0.177. The fraction of sp³-hybridized carbons (Fsp3) is 0. The van der Waals surface area contributed by atoms with Gasteiger partial charge in [-0.05, 0) is 76.8 Å².